The fourth-order valence-corrected chi connectivity index (χ4v) is 2.77. The number of H-pyrrole nitrogens is 1. The van der Waals surface area contributed by atoms with E-state index in [9.17, 15) is 4.39 Å². The number of aromatic amines is 1. The van der Waals surface area contributed by atoms with Gasteiger partial charge in [0.15, 0.2) is 0 Å². The van der Waals surface area contributed by atoms with Crippen LogP contribution in [0.5, 0.6) is 0 Å². The summed E-state index contributed by atoms with van der Waals surface area (Å²) in [6.07, 6.45) is 3.46. The van der Waals surface area contributed by atoms with Crippen molar-refractivity contribution in [1.29, 1.82) is 0 Å². The maximum absolute atomic E-state index is 13.9. The summed E-state index contributed by atoms with van der Waals surface area (Å²) < 4.78 is 13.9. The van der Waals surface area contributed by atoms with E-state index < -0.39 is 0 Å². The highest BCUT2D eigenvalue weighted by Crippen LogP contribution is 2.26. The van der Waals surface area contributed by atoms with Crippen LogP contribution in [0, 0.1) is 5.82 Å². The molecule has 4 nitrogen and oxygen atoms in total. The van der Waals surface area contributed by atoms with Gasteiger partial charge in [-0.05, 0) is 23.8 Å². The molecule has 0 saturated heterocycles. The van der Waals surface area contributed by atoms with E-state index in [1.807, 2.05) is 18.2 Å². The summed E-state index contributed by atoms with van der Waals surface area (Å²) in [4.78, 5) is 8.15. The van der Waals surface area contributed by atoms with Crippen molar-refractivity contribution in [3.05, 3.63) is 65.0 Å². The number of nitrogens with zero attached hydrogens (tertiary/aromatic N) is 3. The van der Waals surface area contributed by atoms with Gasteiger partial charge in [-0.3, -0.25) is 10.1 Å². The van der Waals surface area contributed by atoms with Gasteiger partial charge in [0.05, 0.1) is 11.9 Å². The highest BCUT2D eigenvalue weighted by molar-refractivity contribution is 6.34. The van der Waals surface area contributed by atoms with Crippen molar-refractivity contribution in [2.45, 2.75) is 6.42 Å². The standard InChI is InChI=1S/C16H10ClFN4/c17-16-10-4-3-9(6-11(10)12(18)8-20-16)7-14-15-13(21-22-14)2-1-5-19-15/h1-6,8H,7H2,(H,21,22). The molecule has 0 saturated carbocycles. The van der Waals surface area contributed by atoms with Crippen LogP contribution >= 0.6 is 11.6 Å². The molecule has 0 amide bonds. The Labute approximate surface area is 130 Å². The van der Waals surface area contributed by atoms with E-state index in [1.165, 1.54) is 0 Å². The largest absolute Gasteiger partial charge is 0.279 e. The maximum atomic E-state index is 13.9. The Hall–Kier alpha value is -2.53. The number of hydrogen-bond acceptors (Lipinski definition) is 3. The van der Waals surface area contributed by atoms with E-state index in [-0.39, 0.29) is 5.82 Å². The molecular formula is C16H10ClFN4. The van der Waals surface area contributed by atoms with Gasteiger partial charge in [0.25, 0.3) is 0 Å². The quantitative estimate of drug-likeness (QED) is 0.571. The molecule has 6 heteroatoms. The molecule has 0 bridgehead atoms. The van der Waals surface area contributed by atoms with Crippen molar-refractivity contribution in [1.82, 2.24) is 20.2 Å². The summed E-state index contributed by atoms with van der Waals surface area (Å²) in [5.41, 5.74) is 3.49. The minimum Gasteiger partial charge on any atom is -0.279 e. The lowest BCUT2D eigenvalue weighted by atomic mass is 10.0. The Bertz CT molecular complexity index is 996. The fourth-order valence-electron chi connectivity index (χ4n) is 2.56. The van der Waals surface area contributed by atoms with E-state index in [0.29, 0.717) is 22.3 Å². The van der Waals surface area contributed by atoms with Crippen LogP contribution in [0.1, 0.15) is 11.3 Å². The monoisotopic (exact) mass is 312 g/mol. The van der Waals surface area contributed by atoms with Crippen LogP contribution in [0.15, 0.2) is 42.7 Å². The third-order valence-electron chi connectivity index (χ3n) is 3.62. The van der Waals surface area contributed by atoms with Gasteiger partial charge in [0.2, 0.25) is 0 Å². The number of benzene rings is 1. The molecule has 0 unspecified atom stereocenters. The third-order valence-corrected chi connectivity index (χ3v) is 3.92. The Morgan fingerprint density at radius 2 is 2.05 bits per heavy atom. The molecular weight excluding hydrogens is 303 g/mol. The second-order valence-electron chi connectivity index (χ2n) is 5.03. The molecule has 4 aromatic rings. The average Bonchev–Trinajstić information content (AvgIpc) is 2.94. The van der Waals surface area contributed by atoms with Gasteiger partial charge in [0.1, 0.15) is 22.0 Å². The Morgan fingerprint density at radius 1 is 1.14 bits per heavy atom. The van der Waals surface area contributed by atoms with E-state index in [4.69, 9.17) is 11.6 Å². The summed E-state index contributed by atoms with van der Waals surface area (Å²) in [7, 11) is 0. The molecule has 3 heterocycles. The molecule has 3 aromatic heterocycles. The lowest BCUT2D eigenvalue weighted by molar-refractivity contribution is 0.634. The Kier molecular flexibility index (Phi) is 3.01. The maximum Gasteiger partial charge on any atom is 0.149 e. The number of aromatic nitrogens is 4. The molecule has 1 N–H and O–H groups in total. The molecule has 0 radical (unpaired) electrons. The van der Waals surface area contributed by atoms with E-state index in [2.05, 4.69) is 20.2 Å². The van der Waals surface area contributed by atoms with Crippen molar-refractivity contribution in [3.8, 4) is 0 Å². The molecule has 0 aliphatic rings. The first-order valence-corrected chi connectivity index (χ1v) is 7.11. The lowest BCUT2D eigenvalue weighted by Crippen LogP contribution is -1.92. The van der Waals surface area contributed by atoms with Gasteiger partial charge in [-0.15, -0.1) is 0 Å². The number of nitrogens with one attached hydrogen (secondary N) is 1. The summed E-state index contributed by atoms with van der Waals surface area (Å²) in [5, 5.41) is 8.59. The molecule has 4 rings (SSSR count). The predicted molar refractivity (Wildman–Crippen MR) is 83.4 cm³/mol. The van der Waals surface area contributed by atoms with Crippen molar-refractivity contribution in [2.24, 2.45) is 0 Å². The van der Waals surface area contributed by atoms with Gasteiger partial charge in [-0.1, -0.05) is 23.7 Å². The zero-order chi connectivity index (χ0) is 15.1. The van der Waals surface area contributed by atoms with Crippen LogP contribution < -0.4 is 0 Å². The first kappa shape index (κ1) is 13.2. The van der Waals surface area contributed by atoms with Crippen molar-refractivity contribution in [3.63, 3.8) is 0 Å². The predicted octanol–water partition coefficient (Wildman–Crippen LogP) is 3.89. The molecule has 1 aromatic carbocycles. The van der Waals surface area contributed by atoms with Crippen molar-refractivity contribution < 1.29 is 4.39 Å². The zero-order valence-corrected chi connectivity index (χ0v) is 12.1. The van der Waals surface area contributed by atoms with Crippen molar-refractivity contribution in [2.75, 3.05) is 0 Å². The Balaban J connectivity index is 1.80. The van der Waals surface area contributed by atoms with E-state index in [1.54, 1.807) is 18.3 Å². The first-order chi connectivity index (χ1) is 10.7. The molecule has 0 aliphatic heterocycles. The molecule has 0 atom stereocenters. The highest BCUT2D eigenvalue weighted by atomic mass is 35.5. The minimum atomic E-state index is -0.381. The topological polar surface area (TPSA) is 54.5 Å². The third kappa shape index (κ3) is 2.10. The average molecular weight is 313 g/mol. The van der Waals surface area contributed by atoms with Gasteiger partial charge in [-0.2, -0.15) is 5.10 Å². The molecule has 0 aliphatic carbocycles. The van der Waals surface area contributed by atoms with Gasteiger partial charge in [0, 0.05) is 23.4 Å². The summed E-state index contributed by atoms with van der Waals surface area (Å²) in [5.74, 6) is -0.381. The zero-order valence-electron chi connectivity index (χ0n) is 11.3. The van der Waals surface area contributed by atoms with Gasteiger partial charge >= 0.3 is 0 Å². The molecule has 0 spiro atoms. The van der Waals surface area contributed by atoms with Crippen LogP contribution in [-0.2, 0) is 6.42 Å². The molecule has 0 fully saturated rings. The summed E-state index contributed by atoms with van der Waals surface area (Å²) >= 11 is 6.00. The SMILES string of the molecule is Fc1cnc(Cl)c2ccc(Cc3[nH]nc4cccnc34)cc12. The Morgan fingerprint density at radius 3 is 2.95 bits per heavy atom. The number of pyridine rings is 2. The first-order valence-electron chi connectivity index (χ1n) is 6.73. The van der Waals surface area contributed by atoms with E-state index >= 15 is 0 Å². The number of fused-ring (bicyclic) bond motifs is 2. The second-order valence-corrected chi connectivity index (χ2v) is 5.38. The number of rotatable bonds is 2. The normalized spacial score (nSPS) is 11.4. The second kappa shape index (κ2) is 5.03. The summed E-state index contributed by atoms with van der Waals surface area (Å²) in [6.45, 7) is 0. The van der Waals surface area contributed by atoms with Crippen molar-refractivity contribution >= 4 is 33.4 Å². The van der Waals surface area contributed by atoms with E-state index in [0.717, 1.165) is 28.5 Å². The lowest BCUT2D eigenvalue weighted by Gasteiger charge is -2.05. The van der Waals surface area contributed by atoms with Crippen LogP contribution in [0.25, 0.3) is 21.8 Å². The number of halogens is 2. The number of hydrogen-bond donors (Lipinski definition) is 1. The minimum absolute atomic E-state index is 0.302. The smallest absolute Gasteiger partial charge is 0.149 e. The van der Waals surface area contributed by atoms with Crippen LogP contribution in [0.4, 0.5) is 4.39 Å². The van der Waals surface area contributed by atoms with Gasteiger partial charge in [-0.25, -0.2) is 9.37 Å². The fraction of sp³-hybridized carbons (Fsp3) is 0.0625. The molecule has 22 heavy (non-hydrogen) atoms. The van der Waals surface area contributed by atoms with Crippen LogP contribution in [0.2, 0.25) is 5.15 Å². The van der Waals surface area contributed by atoms with Gasteiger partial charge < -0.3 is 0 Å². The van der Waals surface area contributed by atoms with Crippen LogP contribution in [-0.4, -0.2) is 20.2 Å². The molecule has 108 valence electrons. The summed E-state index contributed by atoms with van der Waals surface area (Å²) in [6, 6.07) is 9.22. The van der Waals surface area contributed by atoms with Crippen LogP contribution in [0.3, 0.4) is 0 Å². The highest BCUT2D eigenvalue weighted by Gasteiger charge is 2.10.